The topological polar surface area (TPSA) is 125 Å². The van der Waals surface area contributed by atoms with Gasteiger partial charge in [-0.15, -0.1) is 0 Å². The predicted octanol–water partition coefficient (Wildman–Crippen LogP) is 3.08. The number of carboxylic acids is 1. The lowest BCUT2D eigenvalue weighted by Crippen LogP contribution is -2.36. The first-order chi connectivity index (χ1) is 16.5. The molecule has 0 radical (unpaired) electrons. The minimum Gasteiger partial charge on any atom is -0.482 e. The number of carbonyl (C=O) groups excluding carboxylic acids is 1. The minimum absolute atomic E-state index is 0.0908. The van der Waals surface area contributed by atoms with Gasteiger partial charge in [-0.05, 0) is 28.3 Å². The Kier molecular flexibility index (Phi) is 7.10. The molecule has 1 aliphatic carbocycles. The molecule has 3 aromatic rings. The molecule has 0 aliphatic heterocycles. The Balaban J connectivity index is 1.33. The number of carbonyl (C=O) groups is 2. The number of amides is 1. The van der Waals surface area contributed by atoms with Crippen LogP contribution in [0.4, 0.5) is 4.79 Å². The van der Waals surface area contributed by atoms with Crippen molar-refractivity contribution in [2.75, 3.05) is 19.8 Å². The summed E-state index contributed by atoms with van der Waals surface area (Å²) in [5.74, 6) is -1.12. The van der Waals surface area contributed by atoms with Crippen LogP contribution in [0.3, 0.4) is 0 Å². The zero-order chi connectivity index (χ0) is 24.1. The molecule has 176 valence electrons. The number of nitrogens with one attached hydrogen (secondary N) is 1. The van der Waals surface area contributed by atoms with E-state index in [2.05, 4.69) is 5.32 Å². The number of hydrogen-bond donors (Lipinski definition) is 4. The molecule has 0 saturated carbocycles. The van der Waals surface area contributed by atoms with E-state index in [0.29, 0.717) is 0 Å². The van der Waals surface area contributed by atoms with Crippen molar-refractivity contribution in [3.63, 3.8) is 0 Å². The van der Waals surface area contributed by atoms with E-state index >= 15 is 0 Å². The molecule has 0 bridgehead atoms. The number of para-hydroxylation sites is 1. The van der Waals surface area contributed by atoms with Gasteiger partial charge in [0.2, 0.25) is 0 Å². The standard InChI is InChI=1S/C26H25NO7/c28-22(25(31)20-11-5-6-12-23(20)33-15-24(29)30)13-27-26(32)34-14-21-18-9-3-1-7-16(18)17-8-2-4-10-19(17)21/h1-12,21-22,25,28,31H,13-15H2,(H,27,32)(H,29,30). The molecular weight excluding hydrogens is 438 g/mol. The summed E-state index contributed by atoms with van der Waals surface area (Å²) in [5.41, 5.74) is 4.63. The number of carboxylic acid groups (broad SMARTS) is 1. The van der Waals surface area contributed by atoms with E-state index in [0.717, 1.165) is 22.3 Å². The van der Waals surface area contributed by atoms with E-state index in [-0.39, 0.29) is 30.4 Å². The Morgan fingerprint density at radius 3 is 2.12 bits per heavy atom. The van der Waals surface area contributed by atoms with Crippen LogP contribution in [0.25, 0.3) is 11.1 Å². The van der Waals surface area contributed by atoms with Crippen molar-refractivity contribution in [2.45, 2.75) is 18.1 Å². The summed E-state index contributed by atoms with van der Waals surface area (Å²) >= 11 is 0. The zero-order valence-corrected chi connectivity index (χ0v) is 18.3. The second kappa shape index (κ2) is 10.4. The van der Waals surface area contributed by atoms with Crippen LogP contribution in [0, 0.1) is 0 Å². The second-order valence-electron chi connectivity index (χ2n) is 7.94. The smallest absolute Gasteiger partial charge is 0.407 e. The molecular formula is C26H25NO7. The average Bonchev–Trinajstić information content (AvgIpc) is 3.18. The van der Waals surface area contributed by atoms with Gasteiger partial charge >= 0.3 is 12.1 Å². The zero-order valence-electron chi connectivity index (χ0n) is 18.3. The average molecular weight is 463 g/mol. The van der Waals surface area contributed by atoms with Crippen LogP contribution in [-0.2, 0) is 9.53 Å². The van der Waals surface area contributed by atoms with Gasteiger partial charge in [0.05, 0.1) is 0 Å². The molecule has 0 spiro atoms. The fraction of sp³-hybridized carbons (Fsp3) is 0.231. The highest BCUT2D eigenvalue weighted by Crippen LogP contribution is 2.44. The van der Waals surface area contributed by atoms with Gasteiger partial charge in [0.15, 0.2) is 6.61 Å². The number of rotatable bonds is 9. The lowest BCUT2D eigenvalue weighted by atomic mass is 9.98. The van der Waals surface area contributed by atoms with Crippen molar-refractivity contribution in [3.8, 4) is 16.9 Å². The number of aliphatic hydroxyl groups is 2. The van der Waals surface area contributed by atoms with Gasteiger partial charge in [-0.25, -0.2) is 9.59 Å². The summed E-state index contributed by atoms with van der Waals surface area (Å²) in [4.78, 5) is 23.1. The SMILES string of the molecule is O=C(O)COc1ccccc1C(O)C(O)CNC(=O)OCC1c2ccccc2-c2ccccc21. The first kappa shape index (κ1) is 23.3. The molecule has 1 aliphatic rings. The van der Waals surface area contributed by atoms with Gasteiger partial charge < -0.3 is 30.1 Å². The highest BCUT2D eigenvalue weighted by molar-refractivity contribution is 5.79. The molecule has 34 heavy (non-hydrogen) atoms. The fourth-order valence-electron chi connectivity index (χ4n) is 4.15. The summed E-state index contributed by atoms with van der Waals surface area (Å²) in [6, 6.07) is 22.2. The highest BCUT2D eigenvalue weighted by Gasteiger charge is 2.29. The molecule has 2 atom stereocenters. The third-order valence-corrected chi connectivity index (χ3v) is 5.75. The van der Waals surface area contributed by atoms with Crippen LogP contribution < -0.4 is 10.1 Å². The molecule has 0 saturated heterocycles. The van der Waals surface area contributed by atoms with Crippen LogP contribution in [0.1, 0.15) is 28.7 Å². The Hall–Kier alpha value is -3.88. The maximum absolute atomic E-state index is 12.3. The Bertz CT molecular complexity index is 1130. The van der Waals surface area contributed by atoms with Crippen molar-refractivity contribution < 1.29 is 34.4 Å². The fourth-order valence-corrected chi connectivity index (χ4v) is 4.15. The number of hydrogen-bond acceptors (Lipinski definition) is 6. The van der Waals surface area contributed by atoms with Crippen molar-refractivity contribution >= 4 is 12.1 Å². The summed E-state index contributed by atoms with van der Waals surface area (Å²) in [6.07, 6.45) is -3.49. The number of alkyl carbamates (subject to hydrolysis) is 1. The molecule has 0 aromatic heterocycles. The van der Waals surface area contributed by atoms with E-state index < -0.39 is 30.9 Å². The summed E-state index contributed by atoms with van der Waals surface area (Å²) in [7, 11) is 0. The minimum atomic E-state index is -1.40. The normalized spacial score (nSPS) is 13.9. The van der Waals surface area contributed by atoms with Crippen molar-refractivity contribution in [2.24, 2.45) is 0 Å². The molecule has 0 heterocycles. The molecule has 2 unspecified atom stereocenters. The molecule has 4 N–H and O–H groups in total. The van der Waals surface area contributed by atoms with E-state index in [4.69, 9.17) is 14.6 Å². The third kappa shape index (κ3) is 5.03. The van der Waals surface area contributed by atoms with Gasteiger partial charge in [0, 0.05) is 18.0 Å². The first-order valence-electron chi connectivity index (χ1n) is 10.8. The maximum atomic E-state index is 12.3. The number of ether oxygens (including phenoxy) is 2. The molecule has 3 aromatic carbocycles. The summed E-state index contributed by atoms with van der Waals surface area (Å²) in [5, 5.41) is 32.1. The molecule has 0 fully saturated rings. The van der Waals surface area contributed by atoms with Gasteiger partial charge in [0.1, 0.15) is 24.6 Å². The lowest BCUT2D eigenvalue weighted by Gasteiger charge is -2.21. The maximum Gasteiger partial charge on any atom is 0.407 e. The van der Waals surface area contributed by atoms with Gasteiger partial charge in [-0.3, -0.25) is 0 Å². The summed E-state index contributed by atoms with van der Waals surface area (Å²) < 4.78 is 10.6. The van der Waals surface area contributed by atoms with Crippen molar-refractivity contribution in [1.29, 1.82) is 0 Å². The second-order valence-corrected chi connectivity index (χ2v) is 7.94. The predicted molar refractivity (Wildman–Crippen MR) is 124 cm³/mol. The molecule has 4 rings (SSSR count). The third-order valence-electron chi connectivity index (χ3n) is 5.75. The molecule has 8 nitrogen and oxygen atoms in total. The monoisotopic (exact) mass is 463 g/mol. The number of aliphatic carboxylic acids is 1. The quantitative estimate of drug-likeness (QED) is 0.384. The first-order valence-corrected chi connectivity index (χ1v) is 10.8. The van der Waals surface area contributed by atoms with Crippen molar-refractivity contribution in [3.05, 3.63) is 89.5 Å². The Labute approximate surface area is 196 Å². The Morgan fingerprint density at radius 1 is 0.882 bits per heavy atom. The van der Waals surface area contributed by atoms with Crippen LogP contribution in [0.15, 0.2) is 72.8 Å². The van der Waals surface area contributed by atoms with Crippen LogP contribution in [0.5, 0.6) is 5.75 Å². The number of fused-ring (bicyclic) bond motifs is 3. The molecule has 1 amide bonds. The van der Waals surface area contributed by atoms with Gasteiger partial charge in [-0.1, -0.05) is 66.7 Å². The largest absolute Gasteiger partial charge is 0.482 e. The lowest BCUT2D eigenvalue weighted by molar-refractivity contribution is -0.139. The highest BCUT2D eigenvalue weighted by atomic mass is 16.5. The van der Waals surface area contributed by atoms with Crippen LogP contribution >= 0.6 is 0 Å². The van der Waals surface area contributed by atoms with E-state index in [1.807, 2.05) is 48.5 Å². The summed E-state index contributed by atoms with van der Waals surface area (Å²) in [6.45, 7) is -0.729. The number of benzene rings is 3. The van der Waals surface area contributed by atoms with Crippen molar-refractivity contribution in [1.82, 2.24) is 5.32 Å². The molecule has 8 heteroatoms. The van der Waals surface area contributed by atoms with E-state index in [1.54, 1.807) is 12.1 Å². The van der Waals surface area contributed by atoms with Crippen LogP contribution in [-0.4, -0.2) is 53.2 Å². The Morgan fingerprint density at radius 2 is 1.47 bits per heavy atom. The van der Waals surface area contributed by atoms with E-state index in [9.17, 15) is 19.8 Å². The van der Waals surface area contributed by atoms with E-state index in [1.165, 1.54) is 12.1 Å². The van der Waals surface area contributed by atoms with Crippen LogP contribution in [0.2, 0.25) is 0 Å². The van der Waals surface area contributed by atoms with Gasteiger partial charge in [0.25, 0.3) is 0 Å². The number of aliphatic hydroxyl groups excluding tert-OH is 2. The van der Waals surface area contributed by atoms with Gasteiger partial charge in [-0.2, -0.15) is 0 Å².